The summed E-state index contributed by atoms with van der Waals surface area (Å²) >= 11 is 0. The summed E-state index contributed by atoms with van der Waals surface area (Å²) in [4.78, 5) is 9.24. The SMILES string of the molecule is CCNC(=NCc1cccc2cccnc12)NCCc1ccc(OC)c(OC)c1. The van der Waals surface area contributed by atoms with Crippen molar-refractivity contribution in [2.45, 2.75) is 19.9 Å². The molecule has 0 spiro atoms. The molecule has 0 aliphatic heterocycles. The minimum absolute atomic E-state index is 0.569. The molecule has 6 heteroatoms. The summed E-state index contributed by atoms with van der Waals surface area (Å²) in [6.07, 6.45) is 2.67. The Hall–Kier alpha value is -3.28. The molecule has 1 aromatic heterocycles. The number of nitrogens with one attached hydrogen (secondary N) is 2. The highest BCUT2D eigenvalue weighted by Gasteiger charge is 2.06. The molecule has 0 fully saturated rings. The first-order valence-electron chi connectivity index (χ1n) is 9.81. The third-order valence-corrected chi connectivity index (χ3v) is 4.62. The van der Waals surface area contributed by atoms with Crippen LogP contribution in [0.4, 0.5) is 0 Å². The average Bonchev–Trinajstić information content (AvgIpc) is 2.77. The van der Waals surface area contributed by atoms with E-state index in [1.165, 1.54) is 5.56 Å². The number of hydrogen-bond acceptors (Lipinski definition) is 4. The van der Waals surface area contributed by atoms with Crippen LogP contribution in [-0.2, 0) is 13.0 Å². The molecule has 0 radical (unpaired) electrons. The maximum Gasteiger partial charge on any atom is 0.191 e. The van der Waals surface area contributed by atoms with E-state index in [1.54, 1.807) is 14.2 Å². The summed E-state index contributed by atoms with van der Waals surface area (Å²) in [5.74, 6) is 2.28. The van der Waals surface area contributed by atoms with Crippen LogP contribution in [0.15, 0.2) is 59.7 Å². The Morgan fingerprint density at radius 2 is 1.83 bits per heavy atom. The number of ether oxygens (including phenoxy) is 2. The number of methoxy groups -OCH3 is 2. The van der Waals surface area contributed by atoms with E-state index in [9.17, 15) is 0 Å². The first kappa shape index (κ1) is 20.5. The molecule has 0 saturated heterocycles. The van der Waals surface area contributed by atoms with Gasteiger partial charge in [0.15, 0.2) is 17.5 Å². The second-order valence-corrected chi connectivity index (χ2v) is 6.55. The second kappa shape index (κ2) is 10.3. The third-order valence-electron chi connectivity index (χ3n) is 4.62. The fourth-order valence-corrected chi connectivity index (χ4v) is 3.16. The molecular formula is C23H28N4O2. The van der Waals surface area contributed by atoms with Crippen molar-refractivity contribution >= 4 is 16.9 Å². The Balaban J connectivity index is 1.64. The number of guanidine groups is 1. The van der Waals surface area contributed by atoms with Crippen LogP contribution in [0.5, 0.6) is 11.5 Å². The third kappa shape index (κ3) is 5.38. The second-order valence-electron chi connectivity index (χ2n) is 6.55. The zero-order chi connectivity index (χ0) is 20.5. The van der Waals surface area contributed by atoms with Crippen LogP contribution in [0.3, 0.4) is 0 Å². The largest absolute Gasteiger partial charge is 0.493 e. The lowest BCUT2D eigenvalue weighted by Crippen LogP contribution is -2.38. The molecule has 6 nitrogen and oxygen atoms in total. The van der Waals surface area contributed by atoms with Crippen molar-refractivity contribution in [3.05, 3.63) is 65.9 Å². The topological polar surface area (TPSA) is 67.8 Å². The van der Waals surface area contributed by atoms with Crippen LogP contribution in [0.2, 0.25) is 0 Å². The van der Waals surface area contributed by atoms with Crippen LogP contribution in [0, 0.1) is 0 Å². The van der Waals surface area contributed by atoms with Gasteiger partial charge in [0.2, 0.25) is 0 Å². The lowest BCUT2D eigenvalue weighted by Gasteiger charge is -2.13. The molecule has 1 heterocycles. The highest BCUT2D eigenvalue weighted by Crippen LogP contribution is 2.27. The molecule has 29 heavy (non-hydrogen) atoms. The predicted molar refractivity (Wildman–Crippen MR) is 118 cm³/mol. The van der Waals surface area contributed by atoms with Gasteiger partial charge < -0.3 is 20.1 Å². The van der Waals surface area contributed by atoms with Gasteiger partial charge in [-0.1, -0.05) is 30.3 Å². The van der Waals surface area contributed by atoms with Crippen LogP contribution in [-0.4, -0.2) is 38.3 Å². The van der Waals surface area contributed by atoms with E-state index < -0.39 is 0 Å². The molecule has 0 atom stereocenters. The van der Waals surface area contributed by atoms with E-state index in [0.717, 1.165) is 53.4 Å². The number of para-hydroxylation sites is 1. The molecule has 2 N–H and O–H groups in total. The Bertz CT molecular complexity index is 967. The molecule has 0 bridgehead atoms. The molecule has 3 aromatic rings. The zero-order valence-electron chi connectivity index (χ0n) is 17.2. The average molecular weight is 393 g/mol. The van der Waals surface area contributed by atoms with E-state index in [0.29, 0.717) is 6.54 Å². The number of rotatable bonds is 8. The van der Waals surface area contributed by atoms with Gasteiger partial charge in [-0.25, -0.2) is 4.99 Å². The lowest BCUT2D eigenvalue weighted by atomic mass is 10.1. The number of pyridine rings is 1. The van der Waals surface area contributed by atoms with E-state index >= 15 is 0 Å². The van der Waals surface area contributed by atoms with Crippen molar-refractivity contribution in [2.75, 3.05) is 27.3 Å². The minimum atomic E-state index is 0.569. The van der Waals surface area contributed by atoms with Crippen molar-refractivity contribution in [1.29, 1.82) is 0 Å². The summed E-state index contributed by atoms with van der Waals surface area (Å²) < 4.78 is 10.7. The maximum atomic E-state index is 5.38. The van der Waals surface area contributed by atoms with Crippen molar-refractivity contribution < 1.29 is 9.47 Å². The number of aliphatic imine (C=N–C) groups is 1. The summed E-state index contributed by atoms with van der Waals surface area (Å²) in [6, 6.07) is 16.2. The number of aromatic nitrogens is 1. The highest BCUT2D eigenvalue weighted by molar-refractivity contribution is 5.83. The fraction of sp³-hybridized carbons (Fsp3) is 0.304. The Morgan fingerprint density at radius 1 is 1.00 bits per heavy atom. The van der Waals surface area contributed by atoms with Crippen LogP contribution >= 0.6 is 0 Å². The first-order valence-corrected chi connectivity index (χ1v) is 9.81. The fourth-order valence-electron chi connectivity index (χ4n) is 3.16. The molecule has 0 aliphatic rings. The van der Waals surface area contributed by atoms with Gasteiger partial charge in [0.1, 0.15) is 0 Å². The lowest BCUT2D eigenvalue weighted by molar-refractivity contribution is 0.354. The standard InChI is InChI=1S/C23H28N4O2/c1-4-24-23(26-14-12-17-10-11-20(28-2)21(15-17)29-3)27-16-19-8-5-7-18-9-6-13-25-22(18)19/h5-11,13,15H,4,12,14,16H2,1-3H3,(H2,24,26,27). The molecular weight excluding hydrogens is 364 g/mol. The van der Waals surface area contributed by atoms with E-state index in [1.807, 2.05) is 30.5 Å². The smallest absolute Gasteiger partial charge is 0.191 e. The molecule has 2 aromatic carbocycles. The number of hydrogen-bond donors (Lipinski definition) is 2. The molecule has 0 saturated carbocycles. The summed E-state index contributed by atoms with van der Waals surface area (Å²) in [5.41, 5.74) is 3.28. The highest BCUT2D eigenvalue weighted by atomic mass is 16.5. The Labute approximate surface area is 172 Å². The van der Waals surface area contributed by atoms with Gasteiger partial charge in [-0.3, -0.25) is 4.98 Å². The molecule has 152 valence electrons. The van der Waals surface area contributed by atoms with Gasteiger partial charge >= 0.3 is 0 Å². The maximum absolute atomic E-state index is 5.38. The van der Waals surface area contributed by atoms with Crippen molar-refractivity contribution in [3.63, 3.8) is 0 Å². The Morgan fingerprint density at radius 3 is 2.62 bits per heavy atom. The Kier molecular flexibility index (Phi) is 7.28. The van der Waals surface area contributed by atoms with E-state index in [4.69, 9.17) is 14.5 Å². The van der Waals surface area contributed by atoms with Gasteiger partial charge in [0, 0.05) is 24.7 Å². The normalized spacial score (nSPS) is 11.3. The van der Waals surface area contributed by atoms with Gasteiger partial charge in [-0.2, -0.15) is 0 Å². The van der Waals surface area contributed by atoms with Gasteiger partial charge in [-0.15, -0.1) is 0 Å². The predicted octanol–water partition coefficient (Wildman–Crippen LogP) is 3.55. The monoisotopic (exact) mass is 392 g/mol. The zero-order valence-corrected chi connectivity index (χ0v) is 17.2. The number of nitrogens with zero attached hydrogens (tertiary/aromatic N) is 2. The molecule has 3 rings (SSSR count). The number of benzene rings is 2. The van der Waals surface area contributed by atoms with Crippen molar-refractivity contribution in [2.24, 2.45) is 4.99 Å². The van der Waals surface area contributed by atoms with Gasteiger partial charge in [0.05, 0.1) is 26.3 Å². The van der Waals surface area contributed by atoms with E-state index in [-0.39, 0.29) is 0 Å². The summed E-state index contributed by atoms with van der Waals surface area (Å²) in [6.45, 7) is 4.19. The van der Waals surface area contributed by atoms with Crippen LogP contribution in [0.25, 0.3) is 10.9 Å². The van der Waals surface area contributed by atoms with Crippen molar-refractivity contribution in [1.82, 2.24) is 15.6 Å². The molecule has 0 amide bonds. The summed E-state index contributed by atoms with van der Waals surface area (Å²) in [7, 11) is 3.29. The molecule has 0 unspecified atom stereocenters. The van der Waals surface area contributed by atoms with Crippen LogP contribution in [0.1, 0.15) is 18.1 Å². The van der Waals surface area contributed by atoms with E-state index in [2.05, 4.69) is 46.8 Å². The number of fused-ring (bicyclic) bond motifs is 1. The molecule has 0 aliphatic carbocycles. The quantitative estimate of drug-likeness (QED) is 0.453. The summed E-state index contributed by atoms with van der Waals surface area (Å²) in [5, 5.41) is 7.83. The minimum Gasteiger partial charge on any atom is -0.493 e. The van der Waals surface area contributed by atoms with Gasteiger partial charge in [-0.05, 0) is 42.7 Å². The van der Waals surface area contributed by atoms with Crippen molar-refractivity contribution in [3.8, 4) is 11.5 Å². The first-order chi connectivity index (χ1) is 14.2. The van der Waals surface area contributed by atoms with Crippen LogP contribution < -0.4 is 20.1 Å². The van der Waals surface area contributed by atoms with Gasteiger partial charge in [0.25, 0.3) is 0 Å².